The highest BCUT2D eigenvalue weighted by atomic mass is 16.5. The van der Waals surface area contributed by atoms with Crippen LogP contribution < -0.4 is 0 Å². The Morgan fingerprint density at radius 1 is 0.913 bits per heavy atom. The van der Waals surface area contributed by atoms with E-state index >= 15 is 0 Å². The molecule has 0 radical (unpaired) electrons. The van der Waals surface area contributed by atoms with Gasteiger partial charge in [0.2, 0.25) is 0 Å². The SMILES string of the molecule is C=C(C)C(=O)O.C=C(C)C(=O)O.C=C(C)C(=O)OCC(O)CO. The van der Waals surface area contributed by atoms with Crippen molar-refractivity contribution in [1.29, 1.82) is 0 Å². The van der Waals surface area contributed by atoms with E-state index in [1.165, 1.54) is 20.8 Å². The van der Waals surface area contributed by atoms with Crippen LogP contribution in [0, 0.1) is 0 Å². The normalized spacial score (nSPS) is 9.78. The molecule has 0 amide bonds. The van der Waals surface area contributed by atoms with E-state index < -0.39 is 30.6 Å². The lowest BCUT2D eigenvalue weighted by atomic mass is 10.3. The highest BCUT2D eigenvalue weighted by Crippen LogP contribution is 1.93. The summed E-state index contributed by atoms with van der Waals surface area (Å²) in [4.78, 5) is 29.8. The summed E-state index contributed by atoms with van der Waals surface area (Å²) in [6.45, 7) is 13.4. The van der Waals surface area contributed by atoms with Gasteiger partial charge in [0.25, 0.3) is 0 Å². The molecule has 23 heavy (non-hydrogen) atoms. The number of rotatable bonds is 6. The van der Waals surface area contributed by atoms with Crippen LogP contribution in [-0.4, -0.2) is 57.7 Å². The number of aliphatic hydroxyl groups excluding tert-OH is 2. The van der Waals surface area contributed by atoms with Crippen LogP contribution in [-0.2, 0) is 19.1 Å². The minimum Gasteiger partial charge on any atom is -0.478 e. The van der Waals surface area contributed by atoms with Gasteiger partial charge < -0.3 is 25.2 Å². The number of hydrogen-bond donors (Lipinski definition) is 4. The van der Waals surface area contributed by atoms with Crippen molar-refractivity contribution in [2.45, 2.75) is 26.9 Å². The van der Waals surface area contributed by atoms with Crippen molar-refractivity contribution in [3.63, 3.8) is 0 Å². The number of aliphatic carboxylic acids is 2. The summed E-state index contributed by atoms with van der Waals surface area (Å²) in [6, 6.07) is 0. The first-order valence-corrected chi connectivity index (χ1v) is 6.25. The van der Waals surface area contributed by atoms with E-state index in [-0.39, 0.29) is 23.3 Å². The zero-order valence-corrected chi connectivity index (χ0v) is 13.5. The lowest BCUT2D eigenvalue weighted by Gasteiger charge is -2.07. The smallest absolute Gasteiger partial charge is 0.333 e. The highest BCUT2D eigenvalue weighted by Gasteiger charge is 2.07. The minimum absolute atomic E-state index is 0.176. The maximum Gasteiger partial charge on any atom is 0.333 e. The van der Waals surface area contributed by atoms with Gasteiger partial charge in [-0.1, -0.05) is 19.7 Å². The molecule has 0 aromatic heterocycles. The Balaban J connectivity index is -0.000000284. The van der Waals surface area contributed by atoms with Gasteiger partial charge in [-0.3, -0.25) is 0 Å². The number of carbonyl (C=O) groups is 3. The predicted octanol–water partition coefficient (Wildman–Crippen LogP) is 0.753. The van der Waals surface area contributed by atoms with Gasteiger partial charge in [-0.25, -0.2) is 14.4 Å². The fourth-order valence-electron chi connectivity index (χ4n) is 0.348. The van der Waals surface area contributed by atoms with Crippen LogP contribution in [0.15, 0.2) is 36.5 Å². The van der Waals surface area contributed by atoms with Crippen molar-refractivity contribution in [1.82, 2.24) is 0 Å². The molecular weight excluding hydrogens is 308 g/mol. The molecule has 0 aliphatic heterocycles. The van der Waals surface area contributed by atoms with Crippen LogP contribution in [0.4, 0.5) is 0 Å². The first-order valence-electron chi connectivity index (χ1n) is 6.25. The Labute approximate surface area is 135 Å². The van der Waals surface area contributed by atoms with Crippen molar-refractivity contribution in [3.05, 3.63) is 36.5 Å². The average Bonchev–Trinajstić information content (AvgIpc) is 2.45. The Kier molecular flexibility index (Phi) is 16.1. The molecule has 1 unspecified atom stereocenters. The van der Waals surface area contributed by atoms with Crippen molar-refractivity contribution in [2.75, 3.05) is 13.2 Å². The third-order valence-corrected chi connectivity index (χ3v) is 1.70. The van der Waals surface area contributed by atoms with Crippen LogP contribution in [0.5, 0.6) is 0 Å². The second-order valence-electron chi connectivity index (χ2n) is 4.39. The van der Waals surface area contributed by atoms with E-state index in [0.717, 1.165) is 0 Å². The van der Waals surface area contributed by atoms with Gasteiger partial charge in [0, 0.05) is 16.7 Å². The van der Waals surface area contributed by atoms with Crippen molar-refractivity contribution in [2.24, 2.45) is 0 Å². The zero-order chi connectivity index (χ0) is 19.2. The molecule has 0 saturated heterocycles. The molecule has 0 rings (SSSR count). The van der Waals surface area contributed by atoms with Gasteiger partial charge >= 0.3 is 17.9 Å². The van der Waals surface area contributed by atoms with E-state index in [2.05, 4.69) is 24.5 Å². The summed E-state index contributed by atoms with van der Waals surface area (Å²) in [6.07, 6.45) is -1.00. The van der Waals surface area contributed by atoms with Gasteiger partial charge in [0.1, 0.15) is 12.7 Å². The molecule has 8 heteroatoms. The number of aliphatic hydroxyl groups is 2. The van der Waals surface area contributed by atoms with Crippen LogP contribution in [0.25, 0.3) is 0 Å². The molecule has 0 bridgehead atoms. The van der Waals surface area contributed by atoms with Gasteiger partial charge in [-0.15, -0.1) is 0 Å². The van der Waals surface area contributed by atoms with E-state index in [4.69, 9.17) is 20.4 Å². The Morgan fingerprint density at radius 2 is 1.22 bits per heavy atom. The van der Waals surface area contributed by atoms with Crippen LogP contribution in [0.3, 0.4) is 0 Å². The number of carbonyl (C=O) groups excluding carboxylic acids is 1. The molecule has 132 valence electrons. The highest BCUT2D eigenvalue weighted by molar-refractivity contribution is 5.87. The van der Waals surface area contributed by atoms with Gasteiger partial charge in [-0.05, 0) is 20.8 Å². The summed E-state index contributed by atoms with van der Waals surface area (Å²) >= 11 is 0. The van der Waals surface area contributed by atoms with Crippen molar-refractivity contribution >= 4 is 17.9 Å². The maximum absolute atomic E-state index is 10.6. The van der Waals surface area contributed by atoms with Crippen molar-refractivity contribution in [3.8, 4) is 0 Å². The quantitative estimate of drug-likeness (QED) is 0.412. The fourth-order valence-corrected chi connectivity index (χ4v) is 0.348. The van der Waals surface area contributed by atoms with E-state index in [1.54, 1.807) is 0 Å². The lowest BCUT2D eigenvalue weighted by Crippen LogP contribution is -2.22. The molecule has 1 atom stereocenters. The largest absolute Gasteiger partial charge is 0.478 e. The Morgan fingerprint density at radius 3 is 1.39 bits per heavy atom. The summed E-state index contributed by atoms with van der Waals surface area (Å²) in [5, 5.41) is 32.8. The molecule has 0 heterocycles. The minimum atomic E-state index is -1.00. The van der Waals surface area contributed by atoms with Crippen LogP contribution in [0.1, 0.15) is 20.8 Å². The lowest BCUT2D eigenvalue weighted by molar-refractivity contribution is -0.142. The van der Waals surface area contributed by atoms with Gasteiger partial charge in [0.05, 0.1) is 6.61 Å². The van der Waals surface area contributed by atoms with Crippen LogP contribution >= 0.6 is 0 Å². The van der Waals surface area contributed by atoms with E-state index in [1.807, 2.05) is 0 Å². The molecular formula is C15H24O8. The Bertz CT molecular complexity index is 402. The number of carboxylic acids is 2. The van der Waals surface area contributed by atoms with E-state index in [9.17, 15) is 14.4 Å². The zero-order valence-electron chi connectivity index (χ0n) is 13.5. The third kappa shape index (κ3) is 22.0. The van der Waals surface area contributed by atoms with Gasteiger partial charge in [-0.2, -0.15) is 0 Å². The summed E-state index contributed by atoms with van der Waals surface area (Å²) in [5.41, 5.74) is 0.625. The van der Waals surface area contributed by atoms with E-state index in [0.29, 0.717) is 0 Å². The average molecular weight is 332 g/mol. The maximum atomic E-state index is 10.6. The molecule has 8 nitrogen and oxygen atoms in total. The first-order chi connectivity index (χ1) is 10.4. The monoisotopic (exact) mass is 332 g/mol. The second-order valence-corrected chi connectivity index (χ2v) is 4.39. The molecule has 0 fully saturated rings. The molecule has 0 aliphatic carbocycles. The number of hydrogen-bond acceptors (Lipinski definition) is 6. The predicted molar refractivity (Wildman–Crippen MR) is 83.8 cm³/mol. The molecule has 4 N–H and O–H groups in total. The summed E-state index contributed by atoms with van der Waals surface area (Å²) < 4.78 is 4.51. The number of esters is 1. The van der Waals surface area contributed by atoms with Gasteiger partial charge in [0.15, 0.2) is 0 Å². The molecule has 0 spiro atoms. The topological polar surface area (TPSA) is 141 Å². The standard InChI is InChI=1S/C7H12O4.2C4H6O2/c1-5(2)7(10)11-4-6(9)3-8;2*1-3(2)4(5)6/h6,8-9H,1,3-4H2,2H3;2*1H2,2H3,(H,5,6). The fraction of sp³-hybridized carbons (Fsp3) is 0.400. The molecule has 0 saturated carbocycles. The second kappa shape index (κ2) is 14.5. The molecule has 0 aromatic carbocycles. The van der Waals surface area contributed by atoms with Crippen LogP contribution in [0.2, 0.25) is 0 Å². The first kappa shape index (κ1) is 25.5. The number of carboxylic acid groups (broad SMARTS) is 2. The molecule has 0 aliphatic rings. The molecule has 0 aromatic rings. The van der Waals surface area contributed by atoms with Crippen molar-refractivity contribution < 1.29 is 39.5 Å². The Hall–Kier alpha value is -2.45. The summed E-state index contributed by atoms with van der Waals surface area (Å²) in [5.74, 6) is -2.43. The third-order valence-electron chi connectivity index (χ3n) is 1.70. The summed E-state index contributed by atoms with van der Waals surface area (Å²) in [7, 11) is 0. The number of ether oxygens (including phenoxy) is 1.